The molecule has 0 fully saturated rings. The molecule has 0 aromatic heterocycles. The van der Waals surface area contributed by atoms with Gasteiger partial charge in [0.05, 0.1) is 27.4 Å². The lowest BCUT2D eigenvalue weighted by atomic mass is 10.0. The highest BCUT2D eigenvalue weighted by Gasteiger charge is 2.16. The van der Waals surface area contributed by atoms with Crippen LogP contribution in [0.3, 0.4) is 0 Å². The van der Waals surface area contributed by atoms with Gasteiger partial charge in [-0.25, -0.2) is 0 Å². The second kappa shape index (κ2) is 8.94. The van der Waals surface area contributed by atoms with Crippen LogP contribution in [0.15, 0.2) is 42.5 Å². The van der Waals surface area contributed by atoms with Crippen molar-refractivity contribution in [2.45, 2.75) is 18.9 Å². The molecule has 0 saturated heterocycles. The molecule has 134 valence electrons. The van der Waals surface area contributed by atoms with Gasteiger partial charge in [0.25, 0.3) is 0 Å². The first-order valence-electron chi connectivity index (χ1n) is 7.91. The zero-order chi connectivity index (χ0) is 18.2. The van der Waals surface area contributed by atoms with E-state index in [2.05, 4.69) is 5.32 Å². The van der Waals surface area contributed by atoms with Crippen LogP contribution in [-0.4, -0.2) is 32.3 Å². The molecule has 6 heteroatoms. The number of ether oxygens (including phenoxy) is 3. The van der Waals surface area contributed by atoms with Gasteiger partial charge in [0.15, 0.2) is 0 Å². The molecule has 2 aromatic carbocycles. The van der Waals surface area contributed by atoms with Crippen LogP contribution < -0.4 is 19.5 Å². The van der Waals surface area contributed by atoms with Crippen molar-refractivity contribution in [2.24, 2.45) is 0 Å². The van der Waals surface area contributed by atoms with Gasteiger partial charge in [0.2, 0.25) is 5.91 Å². The van der Waals surface area contributed by atoms with Gasteiger partial charge >= 0.3 is 0 Å². The highest BCUT2D eigenvalue weighted by atomic mass is 16.5. The predicted molar refractivity (Wildman–Crippen MR) is 95.4 cm³/mol. The van der Waals surface area contributed by atoms with E-state index in [0.29, 0.717) is 22.7 Å². The average molecular weight is 345 g/mol. The van der Waals surface area contributed by atoms with Crippen molar-refractivity contribution in [1.29, 1.82) is 0 Å². The quantitative estimate of drug-likeness (QED) is 0.768. The van der Waals surface area contributed by atoms with Crippen LogP contribution >= 0.6 is 0 Å². The zero-order valence-corrected chi connectivity index (χ0v) is 14.6. The molecule has 0 aliphatic carbocycles. The van der Waals surface area contributed by atoms with Crippen LogP contribution in [0.4, 0.5) is 5.69 Å². The van der Waals surface area contributed by atoms with Gasteiger partial charge in [-0.15, -0.1) is 0 Å². The Balaban J connectivity index is 1.92. The van der Waals surface area contributed by atoms with Gasteiger partial charge in [-0.2, -0.15) is 0 Å². The Kier molecular flexibility index (Phi) is 6.65. The van der Waals surface area contributed by atoms with E-state index in [1.165, 1.54) is 7.11 Å². The maximum atomic E-state index is 12.1. The largest absolute Gasteiger partial charge is 0.497 e. The molecule has 1 amide bonds. The molecule has 0 aliphatic rings. The van der Waals surface area contributed by atoms with Gasteiger partial charge < -0.3 is 24.6 Å². The van der Waals surface area contributed by atoms with Crippen LogP contribution in [0.1, 0.15) is 24.5 Å². The molecule has 0 saturated carbocycles. The third-order valence-corrected chi connectivity index (χ3v) is 3.82. The van der Waals surface area contributed by atoms with E-state index >= 15 is 0 Å². The average Bonchev–Trinajstić information content (AvgIpc) is 2.66. The minimum Gasteiger partial charge on any atom is -0.497 e. The van der Waals surface area contributed by atoms with Crippen molar-refractivity contribution in [1.82, 2.24) is 0 Å². The fourth-order valence-electron chi connectivity index (χ4n) is 2.41. The lowest BCUT2D eigenvalue weighted by Crippen LogP contribution is -2.13. The normalized spacial score (nSPS) is 11.5. The third kappa shape index (κ3) is 5.12. The fraction of sp³-hybridized carbons (Fsp3) is 0.316. The molecule has 0 aliphatic heterocycles. The summed E-state index contributed by atoms with van der Waals surface area (Å²) in [4.78, 5) is 12.1. The molecule has 2 N–H and O–H groups in total. The van der Waals surface area contributed by atoms with Crippen LogP contribution in [0, 0.1) is 0 Å². The summed E-state index contributed by atoms with van der Waals surface area (Å²) in [7, 11) is 4.68. The van der Waals surface area contributed by atoms with Gasteiger partial charge in [0, 0.05) is 23.7 Å². The maximum Gasteiger partial charge on any atom is 0.224 e. The lowest BCUT2D eigenvalue weighted by Gasteiger charge is -2.15. The predicted octanol–water partition coefficient (Wildman–Crippen LogP) is 3.16. The summed E-state index contributed by atoms with van der Waals surface area (Å²) in [6, 6.07) is 12.3. The summed E-state index contributed by atoms with van der Waals surface area (Å²) in [5.74, 6) is 1.73. The van der Waals surface area contributed by atoms with Crippen LogP contribution in [-0.2, 0) is 4.79 Å². The topological polar surface area (TPSA) is 77.0 Å². The number of nitrogens with one attached hydrogen (secondary N) is 1. The van der Waals surface area contributed by atoms with Crippen LogP contribution in [0.5, 0.6) is 17.2 Å². The first-order chi connectivity index (χ1) is 12.1. The van der Waals surface area contributed by atoms with Crippen molar-refractivity contribution in [2.75, 3.05) is 26.6 Å². The summed E-state index contributed by atoms with van der Waals surface area (Å²) in [6.45, 7) is 0. The summed E-state index contributed by atoms with van der Waals surface area (Å²) in [6.07, 6.45) is -0.338. The van der Waals surface area contributed by atoms with Crippen molar-refractivity contribution in [3.63, 3.8) is 0 Å². The number of aliphatic hydroxyl groups is 1. The molecular formula is C19H23NO5. The molecule has 0 heterocycles. The van der Waals surface area contributed by atoms with Crippen LogP contribution in [0.2, 0.25) is 0 Å². The summed E-state index contributed by atoms with van der Waals surface area (Å²) in [5, 5.41) is 13.2. The minimum absolute atomic E-state index is 0.170. The number of carbonyl (C=O) groups excluding carboxylic acids is 1. The number of anilines is 1. The third-order valence-electron chi connectivity index (χ3n) is 3.82. The number of carbonyl (C=O) groups is 1. The first kappa shape index (κ1) is 18.6. The zero-order valence-electron chi connectivity index (χ0n) is 14.6. The Morgan fingerprint density at radius 3 is 2.24 bits per heavy atom. The molecule has 2 aromatic rings. The number of rotatable bonds is 8. The summed E-state index contributed by atoms with van der Waals surface area (Å²) >= 11 is 0. The van der Waals surface area contributed by atoms with E-state index in [-0.39, 0.29) is 18.7 Å². The Hall–Kier alpha value is -2.73. The molecule has 25 heavy (non-hydrogen) atoms. The van der Waals surface area contributed by atoms with E-state index < -0.39 is 6.10 Å². The summed E-state index contributed by atoms with van der Waals surface area (Å²) in [5.41, 5.74) is 1.31. The Morgan fingerprint density at radius 1 is 1.00 bits per heavy atom. The highest BCUT2D eigenvalue weighted by Crippen LogP contribution is 2.31. The van der Waals surface area contributed by atoms with Crippen molar-refractivity contribution < 1.29 is 24.1 Å². The van der Waals surface area contributed by atoms with Gasteiger partial charge in [-0.1, -0.05) is 0 Å². The molecular weight excluding hydrogens is 322 g/mol. The number of hydrogen-bond donors (Lipinski definition) is 2. The van der Waals surface area contributed by atoms with Gasteiger partial charge in [-0.05, 0) is 42.8 Å². The molecule has 0 bridgehead atoms. The number of aliphatic hydroxyl groups excluding tert-OH is 1. The highest BCUT2D eigenvalue weighted by molar-refractivity contribution is 5.90. The second-order valence-electron chi connectivity index (χ2n) is 5.44. The lowest BCUT2D eigenvalue weighted by molar-refractivity contribution is -0.116. The number of amides is 1. The molecule has 1 atom stereocenters. The van der Waals surface area contributed by atoms with E-state index in [9.17, 15) is 9.90 Å². The first-order valence-corrected chi connectivity index (χ1v) is 7.91. The van der Waals surface area contributed by atoms with Crippen molar-refractivity contribution in [3.8, 4) is 17.2 Å². The van der Waals surface area contributed by atoms with Gasteiger partial charge in [0.1, 0.15) is 17.2 Å². The number of hydrogen-bond acceptors (Lipinski definition) is 5. The molecule has 6 nitrogen and oxygen atoms in total. The maximum absolute atomic E-state index is 12.1. The van der Waals surface area contributed by atoms with E-state index in [4.69, 9.17) is 14.2 Å². The Labute approximate surface area is 147 Å². The van der Waals surface area contributed by atoms with Crippen molar-refractivity contribution in [3.05, 3.63) is 48.0 Å². The Bertz CT molecular complexity index is 699. The standard InChI is InChI=1S/C19H23NO5/c1-23-14-6-4-13(5-7-14)20-19(22)11-10-17(21)16-9-8-15(24-2)12-18(16)25-3/h4-9,12,17,21H,10-11H2,1-3H3,(H,20,22). The van der Waals surface area contributed by atoms with E-state index in [1.807, 2.05) is 0 Å². The van der Waals surface area contributed by atoms with Crippen LogP contribution in [0.25, 0.3) is 0 Å². The van der Waals surface area contributed by atoms with E-state index in [0.717, 1.165) is 5.75 Å². The fourth-order valence-corrected chi connectivity index (χ4v) is 2.41. The number of methoxy groups -OCH3 is 3. The molecule has 0 radical (unpaired) electrons. The monoisotopic (exact) mass is 345 g/mol. The van der Waals surface area contributed by atoms with Crippen molar-refractivity contribution >= 4 is 11.6 Å². The minimum atomic E-state index is -0.803. The molecule has 0 spiro atoms. The summed E-state index contributed by atoms with van der Waals surface area (Å²) < 4.78 is 15.5. The van der Waals surface area contributed by atoms with Gasteiger partial charge in [-0.3, -0.25) is 4.79 Å². The Morgan fingerprint density at radius 2 is 1.64 bits per heavy atom. The molecule has 1 unspecified atom stereocenters. The second-order valence-corrected chi connectivity index (χ2v) is 5.44. The SMILES string of the molecule is COc1ccc(NC(=O)CCC(O)c2ccc(OC)cc2OC)cc1. The smallest absolute Gasteiger partial charge is 0.224 e. The number of benzene rings is 2. The molecule has 2 rings (SSSR count). The van der Waals surface area contributed by atoms with E-state index in [1.54, 1.807) is 56.7 Å².